The van der Waals surface area contributed by atoms with Gasteiger partial charge in [0, 0.05) is 0 Å². The van der Waals surface area contributed by atoms with E-state index in [0.29, 0.717) is 0 Å². The van der Waals surface area contributed by atoms with Gasteiger partial charge in [-0.15, -0.1) is 8.86 Å². The summed E-state index contributed by atoms with van der Waals surface area (Å²) in [6, 6.07) is 19.4. The Labute approximate surface area is 96.7 Å². The van der Waals surface area contributed by atoms with Gasteiger partial charge in [-0.2, -0.15) is 0 Å². The maximum absolute atomic E-state index is 3.42. The van der Waals surface area contributed by atoms with Crippen molar-refractivity contribution in [2.75, 3.05) is 0 Å². The number of hydrogen-bond donors (Lipinski definition) is 0. The van der Waals surface area contributed by atoms with Crippen molar-refractivity contribution in [2.45, 2.75) is 0 Å². The van der Waals surface area contributed by atoms with Crippen LogP contribution in [0.5, 0.6) is 0 Å². The lowest BCUT2D eigenvalue weighted by Gasteiger charge is -2.03. The second-order valence-corrected chi connectivity index (χ2v) is 4.24. The molecular weight excluding hydrogens is 211 g/mol. The lowest BCUT2D eigenvalue weighted by atomic mass is 10.0. The summed E-state index contributed by atoms with van der Waals surface area (Å²) in [4.78, 5) is 0. The first-order valence-electron chi connectivity index (χ1n) is 5.30. The molecule has 76 valence electrons. The summed E-state index contributed by atoms with van der Waals surface area (Å²) >= 11 is 0. The van der Waals surface area contributed by atoms with Crippen molar-refractivity contribution in [1.29, 1.82) is 0 Å². The van der Waals surface area contributed by atoms with Gasteiger partial charge in [0.1, 0.15) is 0 Å². The Bertz CT molecular complexity index is 683. The van der Waals surface area contributed by atoms with Crippen LogP contribution in [0, 0.1) is 0 Å². The van der Waals surface area contributed by atoms with Crippen LogP contribution in [0.4, 0.5) is 0 Å². The van der Waals surface area contributed by atoms with Gasteiger partial charge in [-0.25, -0.2) is 0 Å². The number of benzene rings is 3. The fourth-order valence-corrected chi connectivity index (χ4v) is 2.23. The van der Waals surface area contributed by atoms with E-state index >= 15 is 0 Å². The van der Waals surface area contributed by atoms with Crippen LogP contribution >= 0.6 is 8.86 Å². The van der Waals surface area contributed by atoms with Crippen molar-refractivity contribution in [3.63, 3.8) is 0 Å². The van der Waals surface area contributed by atoms with Crippen LogP contribution in [0.25, 0.3) is 21.5 Å². The Kier molecular flexibility index (Phi) is 2.23. The predicted octanol–water partition coefficient (Wildman–Crippen LogP) is 4.29. The molecule has 3 aromatic rings. The van der Waals surface area contributed by atoms with Crippen molar-refractivity contribution in [1.82, 2.24) is 0 Å². The Morgan fingerprint density at radius 1 is 0.688 bits per heavy atom. The topological polar surface area (TPSA) is 0 Å². The molecule has 0 aliphatic rings. The molecule has 0 aliphatic heterocycles. The number of rotatable bonds is 1. The van der Waals surface area contributed by atoms with Gasteiger partial charge >= 0.3 is 0 Å². The molecule has 0 heterocycles. The third-order valence-corrected chi connectivity index (χ3v) is 3.23. The predicted molar refractivity (Wildman–Crippen MR) is 74.9 cm³/mol. The molecule has 0 fully saturated rings. The van der Waals surface area contributed by atoms with E-state index in [1.54, 1.807) is 0 Å². The van der Waals surface area contributed by atoms with Crippen molar-refractivity contribution >= 4 is 36.2 Å². The first-order chi connectivity index (χ1) is 7.86. The standard InChI is InChI=1S/C15H11P/c16-10-11-5-6-14-8-12-3-1-2-4-13(12)9-15(14)7-11/h1-10,16H. The minimum atomic E-state index is 1.19. The molecule has 0 nitrogen and oxygen atoms in total. The van der Waals surface area contributed by atoms with Gasteiger partial charge in [0.2, 0.25) is 0 Å². The quantitative estimate of drug-likeness (QED) is 0.425. The molecule has 0 amide bonds. The third-order valence-electron chi connectivity index (χ3n) is 2.90. The molecule has 0 atom stereocenters. The summed E-state index contributed by atoms with van der Waals surface area (Å²) in [6.45, 7) is 0. The summed E-state index contributed by atoms with van der Waals surface area (Å²) in [5, 5.41) is 5.16. The second kappa shape index (κ2) is 3.73. The van der Waals surface area contributed by atoms with Gasteiger partial charge in [-0.3, -0.25) is 0 Å². The molecule has 0 aromatic heterocycles. The summed E-state index contributed by atoms with van der Waals surface area (Å²) in [5.41, 5.74) is 1.19. The zero-order valence-electron chi connectivity index (χ0n) is 8.77. The van der Waals surface area contributed by atoms with Crippen LogP contribution in [-0.4, -0.2) is 5.80 Å². The molecule has 3 rings (SSSR count). The molecule has 0 N–H and O–H groups in total. The van der Waals surface area contributed by atoms with Crippen LogP contribution in [-0.2, 0) is 0 Å². The van der Waals surface area contributed by atoms with Crippen LogP contribution in [0.3, 0.4) is 0 Å². The maximum atomic E-state index is 3.42. The average molecular weight is 222 g/mol. The highest BCUT2D eigenvalue weighted by atomic mass is 31.0. The van der Waals surface area contributed by atoms with Gasteiger partial charge in [-0.1, -0.05) is 36.4 Å². The number of fused-ring (bicyclic) bond motifs is 2. The fourth-order valence-electron chi connectivity index (χ4n) is 2.05. The number of hydrogen-bond acceptors (Lipinski definition) is 0. The first kappa shape index (κ1) is 9.57. The SMILES string of the molecule is P=Cc1ccc2cc3ccccc3cc2c1. The molecule has 3 aromatic carbocycles. The van der Waals surface area contributed by atoms with Crippen molar-refractivity contribution < 1.29 is 0 Å². The zero-order chi connectivity index (χ0) is 11.0. The normalized spacial score (nSPS) is 10.8. The summed E-state index contributed by atoms with van der Waals surface area (Å²) in [5.74, 6) is 1.94. The fraction of sp³-hybridized carbons (Fsp3) is 0. The molecule has 0 saturated heterocycles. The lowest BCUT2D eigenvalue weighted by Crippen LogP contribution is -1.80. The summed E-state index contributed by atoms with van der Waals surface area (Å²) in [7, 11) is 3.42. The molecule has 0 saturated carbocycles. The molecule has 16 heavy (non-hydrogen) atoms. The molecule has 0 unspecified atom stereocenters. The zero-order valence-corrected chi connectivity index (χ0v) is 9.77. The Morgan fingerprint density at radius 2 is 1.31 bits per heavy atom. The molecular formula is C15H11P. The molecule has 0 spiro atoms. The Morgan fingerprint density at radius 3 is 2.00 bits per heavy atom. The van der Waals surface area contributed by atoms with Crippen LogP contribution in [0.2, 0.25) is 0 Å². The first-order valence-corrected chi connectivity index (χ1v) is 5.87. The highest BCUT2D eigenvalue weighted by molar-refractivity contribution is 7.19. The van der Waals surface area contributed by atoms with Crippen molar-refractivity contribution in [2.24, 2.45) is 0 Å². The minimum absolute atomic E-state index is 1.19. The highest BCUT2D eigenvalue weighted by Gasteiger charge is 1.97. The van der Waals surface area contributed by atoms with Gasteiger partial charge in [0.15, 0.2) is 0 Å². The summed E-state index contributed by atoms with van der Waals surface area (Å²) < 4.78 is 0. The van der Waals surface area contributed by atoms with E-state index in [-0.39, 0.29) is 0 Å². The minimum Gasteiger partial charge on any atom is -0.122 e. The van der Waals surface area contributed by atoms with Crippen molar-refractivity contribution in [3.05, 3.63) is 60.2 Å². The van der Waals surface area contributed by atoms with Gasteiger partial charge in [0.05, 0.1) is 0 Å². The van der Waals surface area contributed by atoms with Crippen LogP contribution in [0.15, 0.2) is 54.6 Å². The van der Waals surface area contributed by atoms with E-state index < -0.39 is 0 Å². The lowest BCUT2D eigenvalue weighted by molar-refractivity contribution is 1.75. The van der Waals surface area contributed by atoms with Crippen molar-refractivity contribution in [3.8, 4) is 0 Å². The monoisotopic (exact) mass is 222 g/mol. The van der Waals surface area contributed by atoms with E-state index in [9.17, 15) is 0 Å². The second-order valence-electron chi connectivity index (χ2n) is 3.95. The highest BCUT2D eigenvalue weighted by Crippen LogP contribution is 2.23. The maximum Gasteiger partial charge on any atom is -0.0172 e. The molecule has 1 heteroatoms. The smallest absolute Gasteiger partial charge is 0.0172 e. The van der Waals surface area contributed by atoms with Gasteiger partial charge < -0.3 is 0 Å². The Hall–Kier alpha value is -1.65. The molecule has 0 aliphatic carbocycles. The summed E-state index contributed by atoms with van der Waals surface area (Å²) in [6.07, 6.45) is 0. The van der Waals surface area contributed by atoms with E-state index in [1.165, 1.54) is 27.1 Å². The van der Waals surface area contributed by atoms with Crippen LogP contribution < -0.4 is 0 Å². The van der Waals surface area contributed by atoms with E-state index in [2.05, 4.69) is 63.5 Å². The Balaban J connectivity index is 2.41. The van der Waals surface area contributed by atoms with Gasteiger partial charge in [0.25, 0.3) is 0 Å². The van der Waals surface area contributed by atoms with Crippen LogP contribution in [0.1, 0.15) is 5.56 Å². The average Bonchev–Trinajstić information content (AvgIpc) is 2.35. The third kappa shape index (κ3) is 1.52. The largest absolute Gasteiger partial charge is 0.122 e. The van der Waals surface area contributed by atoms with E-state index in [1.807, 2.05) is 5.80 Å². The molecule has 0 radical (unpaired) electrons. The molecule has 0 bridgehead atoms. The van der Waals surface area contributed by atoms with E-state index in [0.717, 1.165) is 0 Å². The van der Waals surface area contributed by atoms with E-state index in [4.69, 9.17) is 0 Å². The van der Waals surface area contributed by atoms with Gasteiger partial charge in [-0.05, 0) is 51.1 Å².